The van der Waals surface area contributed by atoms with E-state index in [0.717, 1.165) is 5.69 Å². The Hall–Kier alpha value is -1.07. The van der Waals surface area contributed by atoms with Gasteiger partial charge in [-0.3, -0.25) is 0 Å². The normalized spacial score (nSPS) is 11.4. The summed E-state index contributed by atoms with van der Waals surface area (Å²) < 4.78 is 24.2. The molecule has 0 saturated carbocycles. The fourth-order valence-electron chi connectivity index (χ4n) is 1.33. The second kappa shape index (κ2) is 5.32. The first-order chi connectivity index (χ1) is 7.38. The van der Waals surface area contributed by atoms with Crippen molar-refractivity contribution in [3.8, 4) is 0 Å². The molecule has 0 bridgehead atoms. The van der Waals surface area contributed by atoms with Crippen molar-refractivity contribution in [2.75, 3.05) is 31.3 Å². The quantitative estimate of drug-likeness (QED) is 0.837. The lowest BCUT2D eigenvalue weighted by atomic mass is 10.2. The minimum Gasteiger partial charge on any atom is -0.373 e. The molecule has 0 radical (unpaired) electrons. The molecule has 0 unspecified atom stereocenters. The van der Waals surface area contributed by atoms with Crippen LogP contribution in [0.2, 0.25) is 0 Å². The Labute approximate surface area is 97.3 Å². The van der Waals surface area contributed by atoms with Crippen molar-refractivity contribution in [2.24, 2.45) is 0 Å². The predicted octanol–water partition coefficient (Wildman–Crippen LogP) is 0.980. The number of sulfonamides is 1. The molecule has 0 aliphatic heterocycles. The van der Waals surface area contributed by atoms with E-state index in [1.54, 1.807) is 0 Å². The summed E-state index contributed by atoms with van der Waals surface area (Å²) in [7, 11) is -1.15. The number of hydrogen-bond acceptors (Lipinski definition) is 3. The Morgan fingerprint density at radius 2 is 1.81 bits per heavy atom. The predicted molar refractivity (Wildman–Crippen MR) is 67.3 cm³/mol. The zero-order valence-corrected chi connectivity index (χ0v) is 10.7. The maximum absolute atomic E-state index is 10.9. The van der Waals surface area contributed by atoms with E-state index >= 15 is 0 Å². The van der Waals surface area contributed by atoms with Crippen molar-refractivity contribution in [3.63, 3.8) is 0 Å². The van der Waals surface area contributed by atoms with Gasteiger partial charge in [-0.2, -0.15) is 0 Å². The van der Waals surface area contributed by atoms with Crippen LogP contribution in [0.1, 0.15) is 5.56 Å². The number of likely N-dealkylation sites (N-methyl/N-ethyl adjacent to an activating group) is 1. The molecule has 0 aliphatic rings. The van der Waals surface area contributed by atoms with Crippen molar-refractivity contribution in [1.82, 2.24) is 4.72 Å². The van der Waals surface area contributed by atoms with Crippen LogP contribution in [0.3, 0.4) is 0 Å². The lowest BCUT2D eigenvalue weighted by Gasteiger charge is -2.19. The second-order valence-corrected chi connectivity index (χ2v) is 5.76. The molecule has 1 rings (SSSR count). The van der Waals surface area contributed by atoms with Gasteiger partial charge >= 0.3 is 0 Å². The van der Waals surface area contributed by atoms with Crippen molar-refractivity contribution in [3.05, 3.63) is 29.8 Å². The molecule has 0 spiro atoms. The molecule has 0 fully saturated rings. The van der Waals surface area contributed by atoms with Crippen LogP contribution in [-0.4, -0.2) is 34.8 Å². The molecule has 1 aromatic carbocycles. The van der Waals surface area contributed by atoms with Crippen molar-refractivity contribution in [2.45, 2.75) is 6.92 Å². The number of hydrogen-bond donors (Lipinski definition) is 1. The van der Waals surface area contributed by atoms with Gasteiger partial charge in [0.1, 0.15) is 0 Å². The lowest BCUT2D eigenvalue weighted by molar-refractivity contribution is 0.588. The van der Waals surface area contributed by atoms with E-state index in [2.05, 4.69) is 4.72 Å². The highest BCUT2D eigenvalue weighted by atomic mass is 32.2. The van der Waals surface area contributed by atoms with Gasteiger partial charge in [0, 0.05) is 25.8 Å². The highest BCUT2D eigenvalue weighted by Crippen LogP contribution is 2.12. The number of rotatable bonds is 5. The highest BCUT2D eigenvalue weighted by molar-refractivity contribution is 7.88. The van der Waals surface area contributed by atoms with Gasteiger partial charge in [0.15, 0.2) is 0 Å². The van der Waals surface area contributed by atoms with Crippen LogP contribution in [0.15, 0.2) is 24.3 Å². The molecule has 1 N–H and O–H groups in total. The first-order valence-electron chi connectivity index (χ1n) is 5.11. The van der Waals surface area contributed by atoms with E-state index in [1.807, 2.05) is 43.1 Å². The molecule has 1 aromatic rings. The molecule has 90 valence electrons. The molecular formula is C11H18N2O2S. The van der Waals surface area contributed by atoms with E-state index in [9.17, 15) is 8.42 Å². The average molecular weight is 242 g/mol. The topological polar surface area (TPSA) is 49.4 Å². The number of nitrogens with zero attached hydrogens (tertiary/aromatic N) is 1. The number of nitrogens with one attached hydrogen (secondary N) is 1. The Balaban J connectivity index is 2.47. The molecule has 16 heavy (non-hydrogen) atoms. The average Bonchev–Trinajstić information content (AvgIpc) is 2.16. The lowest BCUT2D eigenvalue weighted by Crippen LogP contribution is -2.32. The second-order valence-electron chi connectivity index (χ2n) is 3.92. The van der Waals surface area contributed by atoms with Crippen LogP contribution < -0.4 is 9.62 Å². The summed E-state index contributed by atoms with van der Waals surface area (Å²) in [6.45, 7) is 3.11. The zero-order chi connectivity index (χ0) is 12.2. The van der Waals surface area contributed by atoms with E-state index < -0.39 is 10.0 Å². The minimum absolute atomic E-state index is 0.420. The Kier molecular flexibility index (Phi) is 4.32. The molecule has 5 heteroatoms. The van der Waals surface area contributed by atoms with Gasteiger partial charge in [-0.25, -0.2) is 13.1 Å². The van der Waals surface area contributed by atoms with Crippen LogP contribution >= 0.6 is 0 Å². The minimum atomic E-state index is -3.09. The fraction of sp³-hybridized carbons (Fsp3) is 0.455. The van der Waals surface area contributed by atoms with Crippen LogP contribution in [0.25, 0.3) is 0 Å². The molecular weight excluding hydrogens is 224 g/mol. The van der Waals surface area contributed by atoms with Crippen molar-refractivity contribution >= 4 is 15.7 Å². The fourth-order valence-corrected chi connectivity index (χ4v) is 1.79. The maximum atomic E-state index is 10.9. The summed E-state index contributed by atoms with van der Waals surface area (Å²) in [6.07, 6.45) is 1.17. The van der Waals surface area contributed by atoms with Gasteiger partial charge in [-0.05, 0) is 19.1 Å². The summed E-state index contributed by atoms with van der Waals surface area (Å²) >= 11 is 0. The third kappa shape index (κ3) is 4.63. The molecule has 0 saturated heterocycles. The van der Waals surface area contributed by atoms with Crippen molar-refractivity contribution < 1.29 is 8.42 Å². The number of aryl methyl sites for hydroxylation is 1. The van der Waals surface area contributed by atoms with Crippen LogP contribution in [0.5, 0.6) is 0 Å². The summed E-state index contributed by atoms with van der Waals surface area (Å²) in [5, 5.41) is 0. The highest BCUT2D eigenvalue weighted by Gasteiger charge is 2.03. The Morgan fingerprint density at radius 1 is 1.25 bits per heavy atom. The van der Waals surface area contributed by atoms with E-state index in [0.29, 0.717) is 13.1 Å². The van der Waals surface area contributed by atoms with Gasteiger partial charge in [-0.15, -0.1) is 0 Å². The van der Waals surface area contributed by atoms with Gasteiger partial charge in [0.2, 0.25) is 10.0 Å². The van der Waals surface area contributed by atoms with E-state index in [1.165, 1.54) is 11.8 Å². The summed E-state index contributed by atoms with van der Waals surface area (Å²) in [5.41, 5.74) is 2.30. The summed E-state index contributed by atoms with van der Waals surface area (Å²) in [4.78, 5) is 2.01. The zero-order valence-electron chi connectivity index (χ0n) is 9.90. The third-order valence-electron chi connectivity index (χ3n) is 2.29. The third-order valence-corrected chi connectivity index (χ3v) is 3.01. The van der Waals surface area contributed by atoms with Crippen LogP contribution in [-0.2, 0) is 10.0 Å². The number of benzene rings is 1. The standard InChI is InChI=1S/C11H18N2O2S/c1-10-4-6-11(7-5-10)13(2)9-8-12-16(3,14)15/h4-7,12H,8-9H2,1-3H3. The SMILES string of the molecule is Cc1ccc(N(C)CCNS(C)(=O)=O)cc1. The van der Waals surface area contributed by atoms with E-state index in [4.69, 9.17) is 0 Å². The van der Waals surface area contributed by atoms with Gasteiger partial charge in [0.25, 0.3) is 0 Å². The Bertz CT molecular complexity index is 426. The smallest absolute Gasteiger partial charge is 0.208 e. The largest absolute Gasteiger partial charge is 0.373 e. The van der Waals surface area contributed by atoms with Gasteiger partial charge in [-0.1, -0.05) is 17.7 Å². The molecule has 4 nitrogen and oxygen atoms in total. The molecule has 0 amide bonds. The molecule has 0 aliphatic carbocycles. The first-order valence-corrected chi connectivity index (χ1v) is 7.00. The summed E-state index contributed by atoms with van der Waals surface area (Å²) in [5.74, 6) is 0. The van der Waals surface area contributed by atoms with Gasteiger partial charge in [0.05, 0.1) is 6.26 Å². The van der Waals surface area contributed by atoms with Crippen LogP contribution in [0, 0.1) is 6.92 Å². The Morgan fingerprint density at radius 3 is 2.31 bits per heavy atom. The maximum Gasteiger partial charge on any atom is 0.208 e. The first kappa shape index (κ1) is 13.0. The number of anilines is 1. The molecule has 0 aromatic heterocycles. The monoisotopic (exact) mass is 242 g/mol. The van der Waals surface area contributed by atoms with Gasteiger partial charge < -0.3 is 4.90 Å². The summed E-state index contributed by atoms with van der Waals surface area (Å²) in [6, 6.07) is 8.12. The molecule has 0 heterocycles. The van der Waals surface area contributed by atoms with E-state index in [-0.39, 0.29) is 0 Å². The van der Waals surface area contributed by atoms with Crippen molar-refractivity contribution in [1.29, 1.82) is 0 Å². The molecule has 0 atom stereocenters. The van der Waals surface area contributed by atoms with Crippen LogP contribution in [0.4, 0.5) is 5.69 Å².